The van der Waals surface area contributed by atoms with Crippen LogP contribution in [0, 0.1) is 11.8 Å². The molecule has 0 radical (unpaired) electrons. The Morgan fingerprint density at radius 2 is 2.00 bits per heavy atom. The topological polar surface area (TPSA) is 46.2 Å². The van der Waals surface area contributed by atoms with Crippen molar-refractivity contribution in [3.8, 4) is 0 Å². The van der Waals surface area contributed by atoms with Crippen LogP contribution in [0.1, 0.15) is 50.7 Å². The second kappa shape index (κ2) is 4.85. The molecular formula is C18H27NO. The third kappa shape index (κ3) is 1.85. The fourth-order valence-corrected chi connectivity index (χ4v) is 4.48. The summed E-state index contributed by atoms with van der Waals surface area (Å²) in [6.45, 7) is 5.08. The van der Waals surface area contributed by atoms with Crippen LogP contribution in [0.2, 0.25) is 0 Å². The fraction of sp³-hybridized carbons (Fsp3) is 0.667. The minimum Gasteiger partial charge on any atom is -0.389 e. The first-order chi connectivity index (χ1) is 9.52. The van der Waals surface area contributed by atoms with Crippen molar-refractivity contribution in [3.05, 3.63) is 35.4 Å². The van der Waals surface area contributed by atoms with Gasteiger partial charge in [0.2, 0.25) is 0 Å². The predicted octanol–water partition coefficient (Wildman–Crippen LogP) is 3.02. The highest BCUT2D eigenvalue weighted by Crippen LogP contribution is 2.56. The molecule has 1 unspecified atom stereocenters. The lowest BCUT2D eigenvalue weighted by atomic mass is 9.50. The largest absolute Gasteiger partial charge is 0.389 e. The summed E-state index contributed by atoms with van der Waals surface area (Å²) in [5.74, 6) is 1.31. The summed E-state index contributed by atoms with van der Waals surface area (Å²) in [6, 6.07) is 8.60. The highest BCUT2D eigenvalue weighted by atomic mass is 16.3. The van der Waals surface area contributed by atoms with E-state index in [0.717, 1.165) is 32.1 Å². The average molecular weight is 273 g/mol. The van der Waals surface area contributed by atoms with Crippen LogP contribution in [0.5, 0.6) is 0 Å². The smallest absolute Gasteiger partial charge is 0.0761 e. The molecule has 2 nitrogen and oxygen atoms in total. The Balaban J connectivity index is 1.98. The van der Waals surface area contributed by atoms with Gasteiger partial charge in [-0.05, 0) is 55.1 Å². The molecule has 1 saturated carbocycles. The zero-order chi connectivity index (χ0) is 14.4. The lowest BCUT2D eigenvalue weighted by Crippen LogP contribution is -2.64. The van der Waals surface area contributed by atoms with Gasteiger partial charge in [0.05, 0.1) is 5.60 Å². The first-order valence-corrected chi connectivity index (χ1v) is 8.03. The molecule has 3 N–H and O–H groups in total. The van der Waals surface area contributed by atoms with Gasteiger partial charge in [-0.3, -0.25) is 0 Å². The molecule has 1 aromatic rings. The molecule has 1 atom stereocenters. The number of rotatable bonds is 3. The second-order valence-corrected chi connectivity index (χ2v) is 7.24. The van der Waals surface area contributed by atoms with Crippen molar-refractivity contribution in [2.75, 3.05) is 6.54 Å². The van der Waals surface area contributed by atoms with Gasteiger partial charge in [0.1, 0.15) is 0 Å². The van der Waals surface area contributed by atoms with E-state index in [9.17, 15) is 5.11 Å². The van der Waals surface area contributed by atoms with Gasteiger partial charge in [0, 0.05) is 12.0 Å². The van der Waals surface area contributed by atoms with Crippen molar-refractivity contribution < 1.29 is 5.11 Å². The SMILES string of the molecule is CC(C)C1CC(O)(C2(CN)CCCc3ccccc32)C1. The molecule has 110 valence electrons. The second-order valence-electron chi connectivity index (χ2n) is 7.24. The number of hydrogen-bond donors (Lipinski definition) is 2. The van der Waals surface area contributed by atoms with Crippen LogP contribution >= 0.6 is 0 Å². The highest BCUT2D eigenvalue weighted by Gasteiger charge is 2.58. The highest BCUT2D eigenvalue weighted by molar-refractivity contribution is 5.41. The quantitative estimate of drug-likeness (QED) is 0.889. The van der Waals surface area contributed by atoms with Crippen LogP contribution in [-0.2, 0) is 11.8 Å². The molecule has 1 aromatic carbocycles. The third-order valence-electron chi connectivity index (χ3n) is 5.96. The van der Waals surface area contributed by atoms with Crippen LogP contribution in [0.3, 0.4) is 0 Å². The molecule has 1 fully saturated rings. The summed E-state index contributed by atoms with van der Waals surface area (Å²) in [4.78, 5) is 0. The minimum absolute atomic E-state index is 0.215. The van der Waals surface area contributed by atoms with E-state index in [0.29, 0.717) is 18.4 Å². The maximum absolute atomic E-state index is 11.3. The number of nitrogens with two attached hydrogens (primary N) is 1. The summed E-state index contributed by atoms with van der Waals surface area (Å²) in [5.41, 5.74) is 8.12. The van der Waals surface area contributed by atoms with Crippen molar-refractivity contribution in [1.29, 1.82) is 0 Å². The Kier molecular flexibility index (Phi) is 3.42. The maximum atomic E-state index is 11.3. The number of aryl methyl sites for hydroxylation is 1. The minimum atomic E-state index is -0.590. The molecule has 0 heterocycles. The molecule has 2 aliphatic carbocycles. The van der Waals surface area contributed by atoms with Gasteiger partial charge in [0.25, 0.3) is 0 Å². The van der Waals surface area contributed by atoms with Gasteiger partial charge in [0.15, 0.2) is 0 Å². The van der Waals surface area contributed by atoms with Crippen LogP contribution in [0.4, 0.5) is 0 Å². The Labute approximate surface area is 122 Å². The zero-order valence-corrected chi connectivity index (χ0v) is 12.7. The molecule has 20 heavy (non-hydrogen) atoms. The van der Waals surface area contributed by atoms with Crippen molar-refractivity contribution >= 4 is 0 Å². The van der Waals surface area contributed by atoms with Crippen LogP contribution in [-0.4, -0.2) is 17.3 Å². The summed E-state index contributed by atoms with van der Waals surface area (Å²) in [7, 11) is 0. The van der Waals surface area contributed by atoms with Crippen LogP contribution in [0.15, 0.2) is 24.3 Å². The van der Waals surface area contributed by atoms with E-state index in [-0.39, 0.29) is 5.41 Å². The number of aliphatic hydroxyl groups is 1. The Bertz CT molecular complexity index is 490. The van der Waals surface area contributed by atoms with Gasteiger partial charge in [-0.1, -0.05) is 38.1 Å². The average Bonchev–Trinajstić information content (AvgIpc) is 2.42. The first kappa shape index (κ1) is 14.1. The molecule has 2 aliphatic rings. The van der Waals surface area contributed by atoms with E-state index < -0.39 is 5.60 Å². The number of benzene rings is 1. The van der Waals surface area contributed by atoms with Gasteiger partial charge in [-0.15, -0.1) is 0 Å². The standard InChI is InChI=1S/C18H27NO/c1-13(2)15-10-18(20,11-15)17(12-19)9-5-7-14-6-3-4-8-16(14)17/h3-4,6,8,13,15,20H,5,7,9-12,19H2,1-2H3. The summed E-state index contributed by atoms with van der Waals surface area (Å²) in [5, 5.41) is 11.3. The van der Waals surface area contributed by atoms with E-state index in [1.165, 1.54) is 11.1 Å². The monoisotopic (exact) mass is 273 g/mol. The Morgan fingerprint density at radius 3 is 2.65 bits per heavy atom. The zero-order valence-electron chi connectivity index (χ0n) is 12.7. The van der Waals surface area contributed by atoms with Crippen LogP contribution < -0.4 is 5.73 Å². The number of fused-ring (bicyclic) bond motifs is 1. The van der Waals surface area contributed by atoms with E-state index in [1.54, 1.807) is 0 Å². The molecule has 0 aliphatic heterocycles. The Hall–Kier alpha value is -0.860. The molecule has 0 bridgehead atoms. The fourth-order valence-electron chi connectivity index (χ4n) is 4.48. The molecular weight excluding hydrogens is 246 g/mol. The van der Waals surface area contributed by atoms with Gasteiger partial charge >= 0.3 is 0 Å². The van der Waals surface area contributed by atoms with Gasteiger partial charge in [-0.25, -0.2) is 0 Å². The molecule has 0 saturated heterocycles. The van der Waals surface area contributed by atoms with E-state index in [4.69, 9.17) is 5.73 Å². The summed E-state index contributed by atoms with van der Waals surface area (Å²) in [6.07, 6.45) is 5.12. The van der Waals surface area contributed by atoms with Crippen LogP contribution in [0.25, 0.3) is 0 Å². The van der Waals surface area contributed by atoms with Gasteiger partial charge < -0.3 is 10.8 Å². The lowest BCUT2D eigenvalue weighted by molar-refractivity contribution is -0.146. The van der Waals surface area contributed by atoms with E-state index >= 15 is 0 Å². The molecule has 0 amide bonds. The van der Waals surface area contributed by atoms with Crippen molar-refractivity contribution in [3.63, 3.8) is 0 Å². The third-order valence-corrected chi connectivity index (χ3v) is 5.96. The van der Waals surface area contributed by atoms with E-state index in [2.05, 4.69) is 38.1 Å². The van der Waals surface area contributed by atoms with Gasteiger partial charge in [-0.2, -0.15) is 0 Å². The van der Waals surface area contributed by atoms with Crippen molar-refractivity contribution in [1.82, 2.24) is 0 Å². The van der Waals surface area contributed by atoms with Crippen molar-refractivity contribution in [2.24, 2.45) is 17.6 Å². The molecule has 2 heteroatoms. The van der Waals surface area contributed by atoms with Crippen molar-refractivity contribution in [2.45, 2.75) is 57.0 Å². The molecule has 0 aromatic heterocycles. The lowest BCUT2D eigenvalue weighted by Gasteiger charge is -2.58. The molecule has 3 rings (SSSR count). The Morgan fingerprint density at radius 1 is 1.30 bits per heavy atom. The normalized spacial score (nSPS) is 36.5. The molecule has 0 spiro atoms. The predicted molar refractivity (Wildman–Crippen MR) is 82.6 cm³/mol. The summed E-state index contributed by atoms with van der Waals surface area (Å²) >= 11 is 0. The number of hydrogen-bond acceptors (Lipinski definition) is 2. The maximum Gasteiger partial charge on any atom is 0.0761 e. The summed E-state index contributed by atoms with van der Waals surface area (Å²) < 4.78 is 0. The first-order valence-electron chi connectivity index (χ1n) is 8.03. The van der Waals surface area contributed by atoms with E-state index in [1.807, 2.05) is 0 Å².